The van der Waals surface area contributed by atoms with Crippen molar-refractivity contribution in [1.29, 1.82) is 0 Å². The van der Waals surface area contributed by atoms with Gasteiger partial charge in [0.1, 0.15) is 19.4 Å². The van der Waals surface area contributed by atoms with Gasteiger partial charge in [-0.1, -0.05) is 66.0 Å². The topological polar surface area (TPSA) is 48.2 Å². The molecule has 1 fully saturated rings. The zero-order chi connectivity index (χ0) is 36.7. The summed E-state index contributed by atoms with van der Waals surface area (Å²) in [4.78, 5) is 20.4. The van der Waals surface area contributed by atoms with E-state index >= 15 is 0 Å². The van der Waals surface area contributed by atoms with E-state index in [0.717, 1.165) is 36.3 Å². The number of rotatable bonds is 12. The van der Waals surface area contributed by atoms with Crippen molar-refractivity contribution in [3.63, 3.8) is 0 Å². The molecule has 8 heteroatoms. The number of aromatic nitrogens is 1. The number of nitrogens with one attached hydrogen (secondary N) is 1. The van der Waals surface area contributed by atoms with Crippen molar-refractivity contribution in [3.05, 3.63) is 70.3 Å². The Labute approximate surface area is 299 Å². The summed E-state index contributed by atoms with van der Waals surface area (Å²) in [7, 11) is 1.46. The quantitative estimate of drug-likeness (QED) is 0.137. The van der Waals surface area contributed by atoms with Crippen LogP contribution in [0.25, 0.3) is 5.57 Å². The Bertz CT molecular complexity index is 1600. The van der Waals surface area contributed by atoms with Gasteiger partial charge in [-0.15, -0.1) is 0 Å². The zero-order valence-electron chi connectivity index (χ0n) is 31.9. The van der Waals surface area contributed by atoms with Crippen LogP contribution >= 0.6 is 0 Å². The number of halogens is 3. The van der Waals surface area contributed by atoms with E-state index in [4.69, 9.17) is 0 Å². The van der Waals surface area contributed by atoms with Crippen LogP contribution in [0.2, 0.25) is 0 Å². The van der Waals surface area contributed by atoms with Gasteiger partial charge in [0.05, 0.1) is 22.6 Å². The van der Waals surface area contributed by atoms with E-state index in [1.54, 1.807) is 26.0 Å². The number of allylic oxidation sites excluding steroid dienone is 2. The van der Waals surface area contributed by atoms with E-state index in [-0.39, 0.29) is 17.1 Å². The number of aryl methyl sites for hydroxylation is 1. The smallest absolute Gasteiger partial charge is 0.340 e. The summed E-state index contributed by atoms with van der Waals surface area (Å²) < 4.78 is 43.6. The molecule has 3 aliphatic rings. The molecule has 2 aromatic rings. The average Bonchev–Trinajstić information content (AvgIpc) is 3.66. The molecule has 0 spiro atoms. The highest BCUT2D eigenvalue weighted by atomic mass is 19.4. The van der Waals surface area contributed by atoms with Crippen molar-refractivity contribution in [2.75, 3.05) is 30.4 Å². The zero-order valence-corrected chi connectivity index (χ0v) is 31.9. The van der Waals surface area contributed by atoms with E-state index < -0.39 is 11.9 Å². The molecule has 5 nitrogen and oxygen atoms in total. The number of ketones is 1. The third-order valence-electron chi connectivity index (χ3n) is 10.7. The highest BCUT2D eigenvalue weighted by Crippen LogP contribution is 2.43. The van der Waals surface area contributed by atoms with Gasteiger partial charge in [0.2, 0.25) is 0 Å². The number of anilines is 2. The molecule has 3 atom stereocenters. The molecule has 50 heavy (non-hydrogen) atoms. The number of nitrogens with zero attached hydrogens (tertiary/aromatic N) is 3. The molecular formula is C42H60F3N4O+. The first-order chi connectivity index (χ1) is 23.7. The maximum atomic E-state index is 14.1. The van der Waals surface area contributed by atoms with Gasteiger partial charge in [-0.05, 0) is 106 Å². The molecule has 5 rings (SSSR count). The standard InChI is InChI=1S/C40H54F3N4O.C2H6/c1-8-26(4)19-29-13-14-30(21-29)24-47-35-23-31(25(2)3)15-16-33(35)45-37(47)12-10-9-11-36(48)32-20-28(6)44-34(22-32)38-27(5)17-18-46(7)39(38)40(41,42)43;1-2/h12,15-16,20,22-23,25-26,29-30,45H,8-11,13-14,17-19,21,24H2,1-7H3;1-2H3/q+1;/b37-12-;. The predicted octanol–water partition coefficient (Wildman–Crippen LogP) is 11.3. The Morgan fingerprint density at radius 1 is 1.10 bits per heavy atom. The number of carbonyl (C=O) groups is 1. The van der Waals surface area contributed by atoms with Gasteiger partial charge in [0, 0.05) is 30.6 Å². The van der Waals surface area contributed by atoms with Crippen molar-refractivity contribution in [2.45, 2.75) is 125 Å². The first kappa shape index (κ1) is 39.4. The third kappa shape index (κ3) is 9.46. The number of fused-ring (bicyclic) bond motifs is 1. The molecule has 1 aromatic carbocycles. The summed E-state index contributed by atoms with van der Waals surface area (Å²) in [5, 5.41) is 3.66. The maximum absolute atomic E-state index is 14.1. The second kappa shape index (κ2) is 17.2. The third-order valence-corrected chi connectivity index (χ3v) is 10.7. The number of Topliss-reactive ketones (excluding diaryl/α,β-unsaturated/α-hetero) is 1. The summed E-state index contributed by atoms with van der Waals surface area (Å²) >= 11 is 0. The molecule has 3 heterocycles. The van der Waals surface area contributed by atoms with Crippen LogP contribution in [0.5, 0.6) is 0 Å². The van der Waals surface area contributed by atoms with E-state index in [1.165, 1.54) is 55.0 Å². The Morgan fingerprint density at radius 3 is 2.50 bits per heavy atom. The van der Waals surface area contributed by atoms with Crippen molar-refractivity contribution in [1.82, 2.24) is 4.98 Å². The average molecular weight is 694 g/mol. The lowest BCUT2D eigenvalue weighted by atomic mass is 9.92. The van der Waals surface area contributed by atoms with Gasteiger partial charge in [-0.3, -0.25) is 9.78 Å². The minimum Gasteiger partial charge on any atom is -0.340 e. The van der Waals surface area contributed by atoms with Crippen LogP contribution in [0, 0.1) is 24.7 Å². The van der Waals surface area contributed by atoms with Crippen molar-refractivity contribution in [2.24, 2.45) is 17.8 Å². The Kier molecular flexibility index (Phi) is 13.5. The Balaban J connectivity index is 0.00000276. The van der Waals surface area contributed by atoms with Crippen LogP contribution in [0.15, 0.2) is 47.8 Å². The van der Waals surface area contributed by atoms with Crippen LogP contribution < -0.4 is 10.2 Å². The molecule has 3 unspecified atom stereocenters. The lowest BCUT2D eigenvalue weighted by Crippen LogP contribution is -2.37. The molecule has 1 aliphatic carbocycles. The highest BCUT2D eigenvalue weighted by Gasteiger charge is 2.48. The van der Waals surface area contributed by atoms with Gasteiger partial charge in [-0.2, -0.15) is 13.2 Å². The van der Waals surface area contributed by atoms with Crippen LogP contribution in [0.1, 0.15) is 139 Å². The highest BCUT2D eigenvalue weighted by molar-refractivity contribution is 6.24. The van der Waals surface area contributed by atoms with E-state index in [9.17, 15) is 18.0 Å². The largest absolute Gasteiger partial charge is 0.477 e. The Hall–Kier alpha value is -3.42. The molecule has 1 aromatic heterocycles. The minimum absolute atomic E-state index is 0.0736. The SMILES string of the molecule is CC.CCC(C)CC1CCC(CN2/C(=C\CCCC(=O)c3cc(C)nc(C4=C(C)CC[N+](C)=C4C(F)(F)F)c3)Nc3ccc(C(C)C)cc32)C1. The first-order valence-corrected chi connectivity index (χ1v) is 19.0. The van der Waals surface area contributed by atoms with Crippen molar-refractivity contribution < 1.29 is 22.5 Å². The number of benzene rings is 1. The monoisotopic (exact) mass is 693 g/mol. The van der Waals surface area contributed by atoms with Gasteiger partial charge in [0.15, 0.2) is 5.78 Å². The number of carbonyl (C=O) groups excluding carboxylic acids is 1. The summed E-state index contributed by atoms with van der Waals surface area (Å²) in [5.41, 5.74) is 4.92. The normalized spacial score (nSPS) is 20.7. The van der Waals surface area contributed by atoms with E-state index in [2.05, 4.69) is 67.2 Å². The van der Waals surface area contributed by atoms with Gasteiger partial charge < -0.3 is 10.2 Å². The Morgan fingerprint density at radius 2 is 1.82 bits per heavy atom. The molecular weight excluding hydrogens is 633 g/mol. The summed E-state index contributed by atoms with van der Waals surface area (Å²) in [6.07, 6.45) is 6.32. The molecule has 0 radical (unpaired) electrons. The van der Waals surface area contributed by atoms with Crippen molar-refractivity contribution >= 4 is 28.4 Å². The van der Waals surface area contributed by atoms with Crippen LogP contribution in [0.4, 0.5) is 24.5 Å². The number of unbranched alkanes of at least 4 members (excludes halogenated alkanes) is 1. The fourth-order valence-electron chi connectivity index (χ4n) is 7.75. The number of hydrogen-bond acceptors (Lipinski definition) is 4. The second-order valence-corrected chi connectivity index (χ2v) is 14.9. The molecule has 1 saturated carbocycles. The number of pyridine rings is 1. The summed E-state index contributed by atoms with van der Waals surface area (Å²) in [6, 6.07) is 9.97. The van der Waals surface area contributed by atoms with Gasteiger partial charge >= 0.3 is 6.18 Å². The van der Waals surface area contributed by atoms with Crippen LogP contribution in [-0.4, -0.2) is 47.4 Å². The molecule has 274 valence electrons. The predicted molar refractivity (Wildman–Crippen MR) is 202 cm³/mol. The molecule has 0 saturated heterocycles. The molecule has 2 aliphatic heterocycles. The fraction of sp³-hybridized carbons (Fsp3) is 0.595. The molecule has 1 N–H and O–H groups in total. The summed E-state index contributed by atoms with van der Waals surface area (Å²) in [5.74, 6) is 3.71. The minimum atomic E-state index is -4.51. The van der Waals surface area contributed by atoms with Gasteiger partial charge in [-0.25, -0.2) is 4.58 Å². The van der Waals surface area contributed by atoms with Gasteiger partial charge in [0.25, 0.3) is 5.71 Å². The van der Waals surface area contributed by atoms with Crippen LogP contribution in [0.3, 0.4) is 0 Å². The van der Waals surface area contributed by atoms with Crippen LogP contribution in [-0.2, 0) is 0 Å². The molecule has 0 bridgehead atoms. The maximum Gasteiger partial charge on any atom is 0.477 e. The number of alkyl halides is 3. The van der Waals surface area contributed by atoms with E-state index in [0.29, 0.717) is 54.5 Å². The van der Waals surface area contributed by atoms with Crippen molar-refractivity contribution in [3.8, 4) is 0 Å². The fourth-order valence-corrected chi connectivity index (χ4v) is 7.75. The lowest BCUT2D eigenvalue weighted by molar-refractivity contribution is -0.504. The lowest BCUT2D eigenvalue weighted by Gasteiger charge is -2.25. The first-order valence-electron chi connectivity index (χ1n) is 19.0. The summed E-state index contributed by atoms with van der Waals surface area (Å²) in [6.45, 7) is 17.9. The molecule has 0 amide bonds. The number of hydrogen-bond donors (Lipinski definition) is 1. The second-order valence-electron chi connectivity index (χ2n) is 14.9. The van der Waals surface area contributed by atoms with E-state index in [1.807, 2.05) is 13.8 Å².